The molecular formula is C11H11NO3S. The number of phenolic OH excluding ortho intramolecular Hbond substituents is 1. The molecule has 2 aromatic rings. The van der Waals surface area contributed by atoms with E-state index in [1.54, 1.807) is 24.3 Å². The highest BCUT2D eigenvalue weighted by atomic mass is 32.2. The van der Waals surface area contributed by atoms with Gasteiger partial charge >= 0.3 is 0 Å². The van der Waals surface area contributed by atoms with Crippen LogP contribution in [0.15, 0.2) is 41.3 Å². The average molecular weight is 237 g/mol. The highest BCUT2D eigenvalue weighted by Gasteiger charge is 2.11. The van der Waals surface area contributed by atoms with Gasteiger partial charge in [-0.15, -0.1) is 0 Å². The van der Waals surface area contributed by atoms with E-state index in [1.807, 2.05) is 0 Å². The SMILES string of the molecule is CNS(=O)(=O)c1ccc2cc(O)ccc2c1. The zero-order chi connectivity index (χ0) is 11.8. The van der Waals surface area contributed by atoms with Gasteiger partial charge in [0.1, 0.15) is 5.75 Å². The Hall–Kier alpha value is -1.59. The predicted octanol–water partition coefficient (Wildman–Crippen LogP) is 1.45. The highest BCUT2D eigenvalue weighted by molar-refractivity contribution is 7.89. The molecule has 0 radical (unpaired) electrons. The Balaban J connectivity index is 2.66. The third-order valence-corrected chi connectivity index (χ3v) is 3.79. The van der Waals surface area contributed by atoms with E-state index in [9.17, 15) is 13.5 Å². The van der Waals surface area contributed by atoms with Crippen LogP contribution in [0.2, 0.25) is 0 Å². The van der Waals surface area contributed by atoms with E-state index in [0.717, 1.165) is 10.8 Å². The molecule has 0 aliphatic heterocycles. The topological polar surface area (TPSA) is 66.4 Å². The standard InChI is InChI=1S/C11H11NO3S/c1-12-16(14,15)11-5-3-8-6-10(13)4-2-9(8)7-11/h2-7,12-13H,1H3. The summed E-state index contributed by atoms with van der Waals surface area (Å²) in [5, 5.41) is 10.8. The van der Waals surface area contributed by atoms with Gasteiger partial charge in [0.15, 0.2) is 0 Å². The number of hydrogen-bond donors (Lipinski definition) is 2. The van der Waals surface area contributed by atoms with Gasteiger partial charge < -0.3 is 5.11 Å². The molecule has 5 heteroatoms. The summed E-state index contributed by atoms with van der Waals surface area (Å²) in [5.41, 5.74) is 0. The van der Waals surface area contributed by atoms with Gasteiger partial charge in [-0.25, -0.2) is 13.1 Å². The van der Waals surface area contributed by atoms with Crippen LogP contribution >= 0.6 is 0 Å². The van der Waals surface area contributed by atoms with Crippen molar-refractivity contribution in [3.05, 3.63) is 36.4 Å². The lowest BCUT2D eigenvalue weighted by Crippen LogP contribution is -2.18. The zero-order valence-corrected chi connectivity index (χ0v) is 9.45. The van der Waals surface area contributed by atoms with E-state index in [2.05, 4.69) is 4.72 Å². The van der Waals surface area contributed by atoms with E-state index >= 15 is 0 Å². The molecule has 0 atom stereocenters. The van der Waals surface area contributed by atoms with Crippen LogP contribution in [0.25, 0.3) is 10.8 Å². The smallest absolute Gasteiger partial charge is 0.240 e. The molecule has 0 spiro atoms. The van der Waals surface area contributed by atoms with Gasteiger partial charge in [-0.2, -0.15) is 0 Å². The Morgan fingerprint density at radius 2 is 1.69 bits per heavy atom. The monoisotopic (exact) mass is 237 g/mol. The van der Waals surface area contributed by atoms with E-state index in [0.29, 0.717) is 0 Å². The zero-order valence-electron chi connectivity index (χ0n) is 8.64. The Labute approximate surface area is 93.6 Å². The van der Waals surface area contributed by atoms with Gasteiger partial charge in [-0.1, -0.05) is 12.1 Å². The molecule has 4 nitrogen and oxygen atoms in total. The molecule has 0 heterocycles. The second-order valence-electron chi connectivity index (χ2n) is 3.40. The van der Waals surface area contributed by atoms with Crippen LogP contribution in [0.5, 0.6) is 5.75 Å². The molecule has 2 rings (SSSR count). The Kier molecular flexibility index (Phi) is 2.57. The van der Waals surface area contributed by atoms with Crippen molar-refractivity contribution in [2.24, 2.45) is 0 Å². The summed E-state index contributed by atoms with van der Waals surface area (Å²) in [4.78, 5) is 0.216. The van der Waals surface area contributed by atoms with Gasteiger partial charge in [0, 0.05) is 0 Å². The Morgan fingerprint density at radius 1 is 1.06 bits per heavy atom. The van der Waals surface area contributed by atoms with Gasteiger partial charge in [-0.3, -0.25) is 0 Å². The van der Waals surface area contributed by atoms with E-state index in [4.69, 9.17) is 0 Å². The normalized spacial score (nSPS) is 11.8. The van der Waals surface area contributed by atoms with Crippen LogP contribution in [0.4, 0.5) is 0 Å². The number of sulfonamides is 1. The second kappa shape index (κ2) is 3.77. The lowest BCUT2D eigenvalue weighted by Gasteiger charge is -2.04. The minimum absolute atomic E-state index is 0.164. The first-order valence-electron chi connectivity index (χ1n) is 4.69. The van der Waals surface area contributed by atoms with E-state index < -0.39 is 10.0 Å². The van der Waals surface area contributed by atoms with Crippen LogP contribution < -0.4 is 4.72 Å². The first-order valence-corrected chi connectivity index (χ1v) is 6.17. The maximum absolute atomic E-state index is 11.6. The van der Waals surface area contributed by atoms with Crippen molar-refractivity contribution >= 4 is 20.8 Å². The minimum Gasteiger partial charge on any atom is -0.508 e. The number of aromatic hydroxyl groups is 1. The van der Waals surface area contributed by atoms with Crippen LogP contribution in [-0.4, -0.2) is 20.6 Å². The molecule has 2 N–H and O–H groups in total. The average Bonchev–Trinajstić information content (AvgIpc) is 2.28. The number of nitrogens with one attached hydrogen (secondary N) is 1. The summed E-state index contributed by atoms with van der Waals surface area (Å²) in [6.45, 7) is 0. The third-order valence-electron chi connectivity index (χ3n) is 2.37. The van der Waals surface area contributed by atoms with Crippen LogP contribution in [-0.2, 0) is 10.0 Å². The molecule has 0 aliphatic carbocycles. The first kappa shape index (κ1) is 10.9. The summed E-state index contributed by atoms with van der Waals surface area (Å²) in [6.07, 6.45) is 0. The van der Waals surface area contributed by atoms with E-state index in [1.165, 1.54) is 19.2 Å². The van der Waals surface area contributed by atoms with Crippen LogP contribution in [0, 0.1) is 0 Å². The van der Waals surface area contributed by atoms with Crippen molar-refractivity contribution < 1.29 is 13.5 Å². The van der Waals surface area contributed by atoms with E-state index in [-0.39, 0.29) is 10.6 Å². The lowest BCUT2D eigenvalue weighted by molar-refractivity contribution is 0.476. The van der Waals surface area contributed by atoms with Crippen LogP contribution in [0.3, 0.4) is 0 Å². The van der Waals surface area contributed by atoms with Crippen molar-refractivity contribution in [1.82, 2.24) is 4.72 Å². The number of benzene rings is 2. The molecule has 0 amide bonds. The fraction of sp³-hybridized carbons (Fsp3) is 0.0909. The van der Waals surface area contributed by atoms with Crippen LogP contribution in [0.1, 0.15) is 0 Å². The van der Waals surface area contributed by atoms with Gasteiger partial charge in [-0.05, 0) is 42.1 Å². The molecule has 0 unspecified atom stereocenters. The van der Waals surface area contributed by atoms with Gasteiger partial charge in [0.05, 0.1) is 4.90 Å². The molecule has 0 aromatic heterocycles. The molecule has 0 bridgehead atoms. The molecule has 2 aromatic carbocycles. The minimum atomic E-state index is -3.41. The van der Waals surface area contributed by atoms with Crippen molar-refractivity contribution in [1.29, 1.82) is 0 Å². The molecule has 0 aliphatic rings. The second-order valence-corrected chi connectivity index (χ2v) is 5.29. The summed E-state index contributed by atoms with van der Waals surface area (Å²) in [5.74, 6) is 0.164. The number of fused-ring (bicyclic) bond motifs is 1. The molecule has 0 saturated carbocycles. The maximum atomic E-state index is 11.6. The third kappa shape index (κ3) is 1.87. The molecule has 0 fully saturated rings. The quantitative estimate of drug-likeness (QED) is 0.830. The Bertz CT molecular complexity index is 635. The number of phenols is 1. The summed E-state index contributed by atoms with van der Waals surface area (Å²) in [6, 6.07) is 9.54. The largest absolute Gasteiger partial charge is 0.508 e. The molecule has 16 heavy (non-hydrogen) atoms. The Morgan fingerprint density at radius 3 is 2.38 bits per heavy atom. The lowest BCUT2D eigenvalue weighted by atomic mass is 10.1. The summed E-state index contributed by atoms with van der Waals surface area (Å²) in [7, 11) is -2.04. The van der Waals surface area contributed by atoms with Crippen molar-refractivity contribution in [2.45, 2.75) is 4.90 Å². The van der Waals surface area contributed by atoms with Gasteiger partial charge in [0.2, 0.25) is 10.0 Å². The summed E-state index contributed by atoms with van der Waals surface area (Å²) >= 11 is 0. The fourth-order valence-electron chi connectivity index (χ4n) is 1.50. The number of rotatable bonds is 2. The molecule has 0 saturated heterocycles. The van der Waals surface area contributed by atoms with Crippen molar-refractivity contribution in [2.75, 3.05) is 7.05 Å². The highest BCUT2D eigenvalue weighted by Crippen LogP contribution is 2.22. The first-order chi connectivity index (χ1) is 7.53. The molecule has 84 valence electrons. The summed E-state index contributed by atoms with van der Waals surface area (Å²) < 4.78 is 25.4. The fourth-order valence-corrected chi connectivity index (χ4v) is 2.26. The maximum Gasteiger partial charge on any atom is 0.240 e. The molecular weight excluding hydrogens is 226 g/mol. The van der Waals surface area contributed by atoms with Gasteiger partial charge in [0.25, 0.3) is 0 Å². The van der Waals surface area contributed by atoms with Crippen molar-refractivity contribution in [3.8, 4) is 5.75 Å². The predicted molar refractivity (Wildman–Crippen MR) is 61.9 cm³/mol. The number of hydrogen-bond acceptors (Lipinski definition) is 3. The van der Waals surface area contributed by atoms with Crippen molar-refractivity contribution in [3.63, 3.8) is 0 Å².